The van der Waals surface area contributed by atoms with Crippen LogP contribution in [-0.2, 0) is 0 Å². The first-order valence-corrected chi connectivity index (χ1v) is 4.81. The van der Waals surface area contributed by atoms with Crippen LogP contribution in [0.2, 0.25) is 0 Å². The lowest BCUT2D eigenvalue weighted by molar-refractivity contribution is 0.244. The summed E-state index contributed by atoms with van der Waals surface area (Å²) in [4.78, 5) is 2.21. The molecule has 0 rings (SSSR count). The summed E-state index contributed by atoms with van der Waals surface area (Å²) in [6, 6.07) is 0.140. The Morgan fingerprint density at radius 1 is 1.46 bits per heavy atom. The molecule has 0 amide bonds. The Balaban J connectivity index is 3.80. The normalized spacial score (nSPS) is 12.8. The molecule has 2 N–H and O–H groups in total. The van der Waals surface area contributed by atoms with E-state index >= 15 is 0 Å². The number of likely N-dealkylation sites (N-methyl/N-ethyl adjacent to an activating group) is 1. The molecule has 0 aromatic heterocycles. The Hall–Kier alpha value is -0.560. The minimum Gasteiger partial charge on any atom is -0.395 e. The van der Waals surface area contributed by atoms with Gasteiger partial charge >= 0.3 is 0 Å². The first-order valence-electron chi connectivity index (χ1n) is 4.81. The number of nitrogens with zero attached hydrogens (tertiary/aromatic N) is 1. The van der Waals surface area contributed by atoms with Gasteiger partial charge < -0.3 is 10.4 Å². The van der Waals surface area contributed by atoms with Crippen LogP contribution >= 0.6 is 0 Å². The van der Waals surface area contributed by atoms with Crippen molar-refractivity contribution >= 4 is 0 Å². The van der Waals surface area contributed by atoms with Crippen molar-refractivity contribution in [3.8, 4) is 12.3 Å². The molecular weight excluding hydrogens is 164 g/mol. The van der Waals surface area contributed by atoms with Crippen molar-refractivity contribution in [1.29, 1.82) is 0 Å². The second kappa shape index (κ2) is 8.06. The standard InChI is InChI=1S/C10H20N2O/c1-4-10(9-11-7-8-13)12(5-2)6-3/h1,10-11,13H,5-9H2,2-3H3. The van der Waals surface area contributed by atoms with Gasteiger partial charge in [-0.2, -0.15) is 0 Å². The molecule has 0 aliphatic carbocycles. The highest BCUT2D eigenvalue weighted by Gasteiger charge is 2.11. The molecule has 0 fully saturated rings. The molecule has 3 nitrogen and oxygen atoms in total. The maximum Gasteiger partial charge on any atom is 0.0838 e. The predicted octanol–water partition coefficient (Wildman–Crippen LogP) is -0.0881. The van der Waals surface area contributed by atoms with E-state index in [0.29, 0.717) is 6.54 Å². The first-order chi connectivity index (χ1) is 6.29. The number of nitrogens with one attached hydrogen (secondary N) is 1. The fourth-order valence-electron chi connectivity index (χ4n) is 1.28. The van der Waals surface area contributed by atoms with E-state index in [1.165, 1.54) is 0 Å². The zero-order valence-corrected chi connectivity index (χ0v) is 8.58. The van der Waals surface area contributed by atoms with Crippen molar-refractivity contribution in [2.45, 2.75) is 19.9 Å². The number of terminal acetylenes is 1. The molecule has 76 valence electrons. The largest absolute Gasteiger partial charge is 0.395 e. The van der Waals surface area contributed by atoms with Crippen LogP contribution in [0, 0.1) is 12.3 Å². The van der Waals surface area contributed by atoms with Gasteiger partial charge in [0, 0.05) is 13.1 Å². The molecule has 0 aromatic carbocycles. The molecule has 0 heterocycles. The van der Waals surface area contributed by atoms with Gasteiger partial charge in [0.15, 0.2) is 0 Å². The Bertz CT molecular complexity index is 149. The van der Waals surface area contributed by atoms with Crippen molar-refractivity contribution in [2.24, 2.45) is 0 Å². The Kier molecular flexibility index (Phi) is 7.71. The smallest absolute Gasteiger partial charge is 0.0838 e. The third kappa shape index (κ3) is 4.89. The molecule has 13 heavy (non-hydrogen) atoms. The molecule has 0 aromatic rings. The molecule has 0 spiro atoms. The zero-order valence-electron chi connectivity index (χ0n) is 8.58. The van der Waals surface area contributed by atoms with Crippen LogP contribution in [0.3, 0.4) is 0 Å². The van der Waals surface area contributed by atoms with Gasteiger partial charge in [0.05, 0.1) is 12.6 Å². The lowest BCUT2D eigenvalue weighted by Crippen LogP contribution is -2.41. The van der Waals surface area contributed by atoms with Gasteiger partial charge in [0.1, 0.15) is 0 Å². The summed E-state index contributed by atoms with van der Waals surface area (Å²) in [7, 11) is 0. The van der Waals surface area contributed by atoms with Crippen molar-refractivity contribution < 1.29 is 5.11 Å². The molecule has 0 radical (unpaired) electrons. The lowest BCUT2D eigenvalue weighted by atomic mass is 10.2. The summed E-state index contributed by atoms with van der Waals surface area (Å²) >= 11 is 0. The second-order valence-corrected chi connectivity index (χ2v) is 2.83. The van der Waals surface area contributed by atoms with E-state index in [9.17, 15) is 0 Å². The maximum absolute atomic E-state index is 8.58. The fraction of sp³-hybridized carbons (Fsp3) is 0.800. The molecule has 1 unspecified atom stereocenters. The quantitative estimate of drug-likeness (QED) is 0.429. The number of aliphatic hydroxyl groups excluding tert-OH is 1. The monoisotopic (exact) mass is 184 g/mol. The Labute approximate surface area is 81.1 Å². The summed E-state index contributed by atoms with van der Waals surface area (Å²) in [6.45, 7) is 7.64. The topological polar surface area (TPSA) is 35.5 Å². The Morgan fingerprint density at radius 3 is 2.46 bits per heavy atom. The number of rotatable bonds is 7. The van der Waals surface area contributed by atoms with E-state index in [-0.39, 0.29) is 12.6 Å². The maximum atomic E-state index is 8.58. The minimum absolute atomic E-state index is 0.140. The molecule has 0 aliphatic heterocycles. The molecule has 0 bridgehead atoms. The van der Waals surface area contributed by atoms with Gasteiger partial charge in [-0.25, -0.2) is 0 Å². The van der Waals surface area contributed by atoms with Gasteiger partial charge in [-0.15, -0.1) is 6.42 Å². The molecular formula is C10H20N2O. The first kappa shape index (κ1) is 12.4. The van der Waals surface area contributed by atoms with Crippen LogP contribution in [-0.4, -0.2) is 48.8 Å². The minimum atomic E-state index is 0.140. The van der Waals surface area contributed by atoms with Crippen LogP contribution in [0.4, 0.5) is 0 Å². The SMILES string of the molecule is C#CC(CNCCO)N(CC)CC. The number of aliphatic hydroxyl groups is 1. The van der Waals surface area contributed by atoms with Crippen molar-refractivity contribution in [1.82, 2.24) is 10.2 Å². The molecule has 0 aliphatic rings. The van der Waals surface area contributed by atoms with Gasteiger partial charge in [-0.3, -0.25) is 4.90 Å². The summed E-state index contributed by atoms with van der Waals surface area (Å²) in [6.07, 6.45) is 5.41. The highest BCUT2D eigenvalue weighted by Crippen LogP contribution is 1.95. The van der Waals surface area contributed by atoms with Crippen LogP contribution in [0.15, 0.2) is 0 Å². The van der Waals surface area contributed by atoms with E-state index in [0.717, 1.165) is 19.6 Å². The van der Waals surface area contributed by atoms with Gasteiger partial charge in [0.25, 0.3) is 0 Å². The van der Waals surface area contributed by atoms with Gasteiger partial charge in [-0.1, -0.05) is 19.8 Å². The highest BCUT2D eigenvalue weighted by atomic mass is 16.3. The molecule has 0 saturated heterocycles. The van der Waals surface area contributed by atoms with E-state index in [1.807, 2.05) is 0 Å². The predicted molar refractivity (Wildman–Crippen MR) is 55.5 cm³/mol. The lowest BCUT2D eigenvalue weighted by Gasteiger charge is -2.25. The van der Waals surface area contributed by atoms with Crippen LogP contribution in [0.1, 0.15) is 13.8 Å². The van der Waals surface area contributed by atoms with E-state index in [1.54, 1.807) is 0 Å². The number of hydrogen-bond donors (Lipinski definition) is 2. The average Bonchev–Trinajstić information content (AvgIpc) is 2.17. The van der Waals surface area contributed by atoms with E-state index in [4.69, 9.17) is 11.5 Å². The third-order valence-corrected chi connectivity index (χ3v) is 2.07. The van der Waals surface area contributed by atoms with E-state index in [2.05, 4.69) is 30.0 Å². The number of hydrogen-bond acceptors (Lipinski definition) is 3. The third-order valence-electron chi connectivity index (χ3n) is 2.07. The van der Waals surface area contributed by atoms with Gasteiger partial charge in [-0.05, 0) is 13.1 Å². The van der Waals surface area contributed by atoms with Crippen molar-refractivity contribution in [2.75, 3.05) is 32.8 Å². The average molecular weight is 184 g/mol. The molecule has 3 heteroatoms. The summed E-state index contributed by atoms with van der Waals surface area (Å²) in [5.74, 6) is 2.74. The molecule has 0 saturated carbocycles. The van der Waals surface area contributed by atoms with E-state index < -0.39 is 0 Å². The van der Waals surface area contributed by atoms with Crippen molar-refractivity contribution in [3.63, 3.8) is 0 Å². The zero-order chi connectivity index (χ0) is 10.1. The van der Waals surface area contributed by atoms with Crippen LogP contribution in [0.5, 0.6) is 0 Å². The van der Waals surface area contributed by atoms with Crippen LogP contribution in [0.25, 0.3) is 0 Å². The molecule has 1 atom stereocenters. The summed E-state index contributed by atoms with van der Waals surface area (Å²) in [5, 5.41) is 11.7. The second-order valence-electron chi connectivity index (χ2n) is 2.83. The van der Waals surface area contributed by atoms with Gasteiger partial charge in [0.2, 0.25) is 0 Å². The summed E-state index contributed by atoms with van der Waals surface area (Å²) < 4.78 is 0. The fourth-order valence-corrected chi connectivity index (χ4v) is 1.28. The van der Waals surface area contributed by atoms with Crippen LogP contribution < -0.4 is 5.32 Å². The summed E-state index contributed by atoms with van der Waals surface area (Å²) in [5.41, 5.74) is 0. The highest BCUT2D eigenvalue weighted by molar-refractivity contribution is 5.00. The Morgan fingerprint density at radius 2 is 2.08 bits per heavy atom. The van der Waals surface area contributed by atoms with Crippen molar-refractivity contribution in [3.05, 3.63) is 0 Å².